The highest BCUT2D eigenvalue weighted by Gasteiger charge is 2.16. The quantitative estimate of drug-likeness (QED) is 0.774. The van der Waals surface area contributed by atoms with Crippen LogP contribution in [0.25, 0.3) is 11.0 Å². The summed E-state index contributed by atoms with van der Waals surface area (Å²) < 4.78 is 1.90. The van der Waals surface area contributed by atoms with Crippen LogP contribution < -0.4 is 5.73 Å². The first kappa shape index (κ1) is 11.8. The Morgan fingerprint density at radius 2 is 2.00 bits per heavy atom. The number of rotatable bonds is 3. The summed E-state index contributed by atoms with van der Waals surface area (Å²) in [6.45, 7) is 2.85. The third kappa shape index (κ3) is 1.98. The highest BCUT2D eigenvalue weighted by Crippen LogP contribution is 2.24. The van der Waals surface area contributed by atoms with Crippen molar-refractivity contribution in [1.82, 2.24) is 19.7 Å². The van der Waals surface area contributed by atoms with Crippen molar-refractivity contribution in [3.8, 4) is 0 Å². The van der Waals surface area contributed by atoms with Crippen LogP contribution in [0.4, 0.5) is 0 Å². The summed E-state index contributed by atoms with van der Waals surface area (Å²) in [4.78, 5) is 8.70. The van der Waals surface area contributed by atoms with Gasteiger partial charge >= 0.3 is 0 Å². The lowest BCUT2D eigenvalue weighted by molar-refractivity contribution is 0.601. The smallest absolute Gasteiger partial charge is 0.0938 e. The molecule has 5 heteroatoms. The number of hydrogen-bond donors (Lipinski definition) is 1. The van der Waals surface area contributed by atoms with Gasteiger partial charge in [0.1, 0.15) is 0 Å². The van der Waals surface area contributed by atoms with E-state index in [4.69, 9.17) is 5.73 Å². The Morgan fingerprint density at radius 1 is 1.16 bits per heavy atom. The van der Waals surface area contributed by atoms with Gasteiger partial charge in [-0.25, -0.2) is 0 Å². The topological polar surface area (TPSA) is 69.6 Å². The zero-order chi connectivity index (χ0) is 13.2. The molecule has 0 aliphatic carbocycles. The van der Waals surface area contributed by atoms with Crippen molar-refractivity contribution in [2.75, 3.05) is 0 Å². The lowest BCUT2D eigenvalue weighted by Crippen LogP contribution is -2.17. The van der Waals surface area contributed by atoms with Gasteiger partial charge < -0.3 is 5.73 Å². The molecule has 19 heavy (non-hydrogen) atoms. The molecule has 96 valence electrons. The Hall–Kier alpha value is -2.27. The number of aromatic nitrogens is 4. The van der Waals surface area contributed by atoms with Gasteiger partial charge in [-0.1, -0.05) is 12.1 Å². The number of para-hydroxylation sites is 1. The molecule has 3 rings (SSSR count). The van der Waals surface area contributed by atoms with Gasteiger partial charge in [-0.15, -0.1) is 0 Å². The van der Waals surface area contributed by atoms with Crippen LogP contribution in [0.3, 0.4) is 0 Å². The second kappa shape index (κ2) is 4.78. The maximum Gasteiger partial charge on any atom is 0.0938 e. The number of nitrogens with zero attached hydrogens (tertiary/aromatic N) is 4. The van der Waals surface area contributed by atoms with Gasteiger partial charge in [-0.2, -0.15) is 5.10 Å². The van der Waals surface area contributed by atoms with Crippen LogP contribution in [-0.4, -0.2) is 19.7 Å². The molecule has 1 atom stereocenters. The third-order valence-electron chi connectivity index (χ3n) is 3.23. The van der Waals surface area contributed by atoms with Gasteiger partial charge in [-0.3, -0.25) is 14.6 Å². The average molecular weight is 253 g/mol. The normalized spacial score (nSPS) is 12.7. The van der Waals surface area contributed by atoms with Gasteiger partial charge in [-0.05, 0) is 19.1 Å². The van der Waals surface area contributed by atoms with Crippen LogP contribution in [0, 0.1) is 0 Å². The molecule has 1 aromatic carbocycles. The Balaban J connectivity index is 2.14. The molecule has 1 unspecified atom stereocenters. The van der Waals surface area contributed by atoms with E-state index < -0.39 is 0 Å². The van der Waals surface area contributed by atoms with E-state index in [0.29, 0.717) is 0 Å². The fraction of sp³-hybridized carbons (Fsp3) is 0.214. The molecule has 0 radical (unpaired) electrons. The number of benzene rings is 1. The number of nitrogens with two attached hydrogens (primary N) is 1. The molecule has 0 saturated heterocycles. The summed E-state index contributed by atoms with van der Waals surface area (Å²) in [5, 5.41) is 4.26. The van der Waals surface area contributed by atoms with E-state index in [2.05, 4.69) is 15.1 Å². The second-order valence-electron chi connectivity index (χ2n) is 4.32. The first-order chi connectivity index (χ1) is 9.31. The fourth-order valence-corrected chi connectivity index (χ4v) is 2.30. The molecule has 0 spiro atoms. The summed E-state index contributed by atoms with van der Waals surface area (Å²) in [7, 11) is 0. The molecule has 0 aliphatic heterocycles. The van der Waals surface area contributed by atoms with Crippen LogP contribution in [0.1, 0.15) is 24.2 Å². The zero-order valence-electron chi connectivity index (χ0n) is 10.7. The van der Waals surface area contributed by atoms with Crippen LogP contribution >= 0.6 is 0 Å². The average Bonchev–Trinajstić information content (AvgIpc) is 2.94. The van der Waals surface area contributed by atoms with Crippen molar-refractivity contribution >= 4 is 11.0 Å². The Bertz CT molecular complexity index is 698. The van der Waals surface area contributed by atoms with Crippen molar-refractivity contribution in [1.29, 1.82) is 0 Å². The summed E-state index contributed by atoms with van der Waals surface area (Å²) in [5.41, 5.74) is 10.0. The molecule has 0 saturated carbocycles. The van der Waals surface area contributed by atoms with E-state index in [9.17, 15) is 0 Å². The van der Waals surface area contributed by atoms with E-state index >= 15 is 0 Å². The van der Waals surface area contributed by atoms with Crippen LogP contribution in [-0.2, 0) is 6.54 Å². The minimum atomic E-state index is -0.247. The van der Waals surface area contributed by atoms with Gasteiger partial charge in [0.25, 0.3) is 0 Å². The Morgan fingerprint density at radius 3 is 2.84 bits per heavy atom. The fourth-order valence-electron chi connectivity index (χ4n) is 2.30. The van der Waals surface area contributed by atoms with Crippen molar-refractivity contribution in [3.63, 3.8) is 0 Å². The van der Waals surface area contributed by atoms with E-state index in [-0.39, 0.29) is 6.04 Å². The van der Waals surface area contributed by atoms with Crippen molar-refractivity contribution in [2.24, 2.45) is 5.73 Å². The van der Waals surface area contributed by atoms with Crippen LogP contribution in [0.2, 0.25) is 0 Å². The molecule has 0 aliphatic rings. The Labute approximate surface area is 111 Å². The monoisotopic (exact) mass is 253 g/mol. The van der Waals surface area contributed by atoms with Crippen LogP contribution in [0.15, 0.2) is 42.9 Å². The Kier molecular flexibility index (Phi) is 2.97. The SMILES string of the molecule is CCn1nccc1C(N)c1cccc2nccnc12. The van der Waals surface area contributed by atoms with Gasteiger partial charge in [0, 0.05) is 30.7 Å². The maximum atomic E-state index is 6.37. The highest BCUT2D eigenvalue weighted by atomic mass is 15.3. The maximum absolute atomic E-state index is 6.37. The summed E-state index contributed by atoms with van der Waals surface area (Å²) in [6, 6.07) is 7.59. The number of fused-ring (bicyclic) bond motifs is 1. The largest absolute Gasteiger partial charge is 0.319 e. The molecule has 0 amide bonds. The van der Waals surface area contributed by atoms with Crippen LogP contribution in [0.5, 0.6) is 0 Å². The molecular formula is C14H15N5. The van der Waals surface area contributed by atoms with Gasteiger partial charge in [0.2, 0.25) is 0 Å². The highest BCUT2D eigenvalue weighted by molar-refractivity contribution is 5.78. The van der Waals surface area contributed by atoms with Crippen molar-refractivity contribution in [2.45, 2.75) is 19.5 Å². The molecule has 0 fully saturated rings. The third-order valence-corrected chi connectivity index (χ3v) is 3.23. The summed E-state index contributed by atoms with van der Waals surface area (Å²) in [6.07, 6.45) is 5.15. The van der Waals surface area contributed by atoms with E-state index in [1.807, 2.05) is 35.9 Å². The molecule has 5 nitrogen and oxygen atoms in total. The molecule has 2 N–H and O–H groups in total. The molecule has 0 bridgehead atoms. The summed E-state index contributed by atoms with van der Waals surface area (Å²) >= 11 is 0. The zero-order valence-corrected chi connectivity index (χ0v) is 10.7. The molecule has 2 heterocycles. The lowest BCUT2D eigenvalue weighted by atomic mass is 10.0. The van der Waals surface area contributed by atoms with Crippen molar-refractivity contribution in [3.05, 3.63) is 54.1 Å². The first-order valence-corrected chi connectivity index (χ1v) is 6.28. The van der Waals surface area contributed by atoms with Gasteiger partial charge in [0.05, 0.1) is 22.8 Å². The minimum Gasteiger partial charge on any atom is -0.319 e. The van der Waals surface area contributed by atoms with E-state index in [1.54, 1.807) is 18.6 Å². The lowest BCUT2D eigenvalue weighted by Gasteiger charge is -2.15. The second-order valence-corrected chi connectivity index (χ2v) is 4.32. The van der Waals surface area contributed by atoms with E-state index in [1.165, 1.54) is 0 Å². The number of hydrogen-bond acceptors (Lipinski definition) is 4. The molecular weight excluding hydrogens is 238 g/mol. The number of aryl methyl sites for hydroxylation is 1. The summed E-state index contributed by atoms with van der Waals surface area (Å²) in [5.74, 6) is 0. The predicted octanol–water partition coefficient (Wildman–Crippen LogP) is 1.89. The van der Waals surface area contributed by atoms with Crippen molar-refractivity contribution < 1.29 is 0 Å². The molecule has 2 aromatic heterocycles. The first-order valence-electron chi connectivity index (χ1n) is 6.28. The standard InChI is InChI=1S/C14H15N5/c1-2-19-12(6-7-18-19)13(15)10-4-3-5-11-14(10)17-9-8-16-11/h3-9,13H,2,15H2,1H3. The van der Waals surface area contributed by atoms with E-state index in [0.717, 1.165) is 28.8 Å². The predicted molar refractivity (Wildman–Crippen MR) is 73.5 cm³/mol. The van der Waals surface area contributed by atoms with Gasteiger partial charge in [0.15, 0.2) is 0 Å². The molecule has 3 aromatic rings. The minimum absolute atomic E-state index is 0.247.